The molecule has 0 aromatic heterocycles. The zero-order chi connectivity index (χ0) is 17.4. The minimum atomic E-state index is -0.291. The lowest BCUT2D eigenvalue weighted by atomic mass is 9.96. The van der Waals surface area contributed by atoms with Crippen LogP contribution in [0, 0.1) is 5.82 Å². The predicted octanol–water partition coefficient (Wildman–Crippen LogP) is 3.13. The number of hydrogen-bond donors (Lipinski definition) is 2. The van der Waals surface area contributed by atoms with Gasteiger partial charge in [-0.25, -0.2) is 9.18 Å². The average molecular weight is 330 g/mol. The number of aliphatic hydroxyl groups excluding tert-OH is 1. The SMILES string of the molecule is CN(Cc1ccc(F)cc1)C(=O)NCC(CCO)c1ccccc1. The molecule has 0 bridgehead atoms. The quantitative estimate of drug-likeness (QED) is 0.819. The minimum absolute atomic E-state index is 0.0689. The monoisotopic (exact) mass is 330 g/mol. The molecule has 0 aliphatic carbocycles. The summed E-state index contributed by atoms with van der Waals surface area (Å²) in [5.74, 6) is -0.222. The number of carbonyl (C=O) groups excluding carboxylic acids is 1. The van der Waals surface area contributed by atoms with Crippen molar-refractivity contribution >= 4 is 6.03 Å². The summed E-state index contributed by atoms with van der Waals surface area (Å²) in [5.41, 5.74) is 1.96. The average Bonchev–Trinajstić information content (AvgIpc) is 2.61. The van der Waals surface area contributed by atoms with Crippen LogP contribution >= 0.6 is 0 Å². The first-order chi connectivity index (χ1) is 11.6. The fourth-order valence-electron chi connectivity index (χ4n) is 2.55. The van der Waals surface area contributed by atoms with E-state index in [2.05, 4.69) is 5.32 Å². The molecule has 0 aliphatic heterocycles. The van der Waals surface area contributed by atoms with Crippen LogP contribution in [-0.4, -0.2) is 36.2 Å². The summed E-state index contributed by atoms with van der Waals surface area (Å²) < 4.78 is 12.9. The minimum Gasteiger partial charge on any atom is -0.396 e. The van der Waals surface area contributed by atoms with Gasteiger partial charge in [0.05, 0.1) is 0 Å². The van der Waals surface area contributed by atoms with Crippen molar-refractivity contribution in [3.05, 3.63) is 71.5 Å². The maximum absolute atomic E-state index is 12.9. The third kappa shape index (κ3) is 5.35. The van der Waals surface area contributed by atoms with Gasteiger partial charge in [-0.15, -0.1) is 0 Å². The van der Waals surface area contributed by atoms with E-state index in [1.54, 1.807) is 24.1 Å². The summed E-state index contributed by atoms with van der Waals surface area (Å²) in [6.45, 7) is 0.931. The number of nitrogens with zero attached hydrogens (tertiary/aromatic N) is 1. The Bertz CT molecular complexity index is 632. The molecule has 0 spiro atoms. The molecule has 0 aliphatic rings. The smallest absolute Gasteiger partial charge is 0.317 e. The topological polar surface area (TPSA) is 52.6 Å². The van der Waals surface area contributed by atoms with E-state index in [1.807, 2.05) is 30.3 Å². The first kappa shape index (κ1) is 17.9. The van der Waals surface area contributed by atoms with E-state index in [0.29, 0.717) is 19.5 Å². The highest BCUT2D eigenvalue weighted by Crippen LogP contribution is 2.18. The molecule has 128 valence electrons. The largest absolute Gasteiger partial charge is 0.396 e. The lowest BCUT2D eigenvalue weighted by Crippen LogP contribution is -2.39. The maximum Gasteiger partial charge on any atom is 0.317 e. The maximum atomic E-state index is 12.9. The van der Waals surface area contributed by atoms with Gasteiger partial charge in [-0.1, -0.05) is 42.5 Å². The molecule has 5 heteroatoms. The molecule has 2 amide bonds. The molecule has 2 N–H and O–H groups in total. The number of nitrogens with one attached hydrogen (secondary N) is 1. The van der Waals surface area contributed by atoms with Crippen LogP contribution in [0.4, 0.5) is 9.18 Å². The first-order valence-electron chi connectivity index (χ1n) is 7.99. The van der Waals surface area contributed by atoms with Crippen molar-refractivity contribution in [2.24, 2.45) is 0 Å². The summed E-state index contributed by atoms with van der Waals surface area (Å²) in [5, 5.41) is 12.1. The standard InChI is InChI=1S/C19H23FN2O2/c1-22(14-15-7-9-18(20)10-8-15)19(24)21-13-17(11-12-23)16-5-3-2-4-6-16/h2-10,17,23H,11-14H2,1H3,(H,21,24). The molecular weight excluding hydrogens is 307 g/mol. The van der Waals surface area contributed by atoms with Crippen LogP contribution in [0.15, 0.2) is 54.6 Å². The van der Waals surface area contributed by atoms with Crippen LogP contribution in [0.5, 0.6) is 0 Å². The summed E-state index contributed by atoms with van der Waals surface area (Å²) in [7, 11) is 1.70. The highest BCUT2D eigenvalue weighted by molar-refractivity contribution is 5.73. The summed E-state index contributed by atoms with van der Waals surface area (Å²) >= 11 is 0. The molecule has 0 saturated carbocycles. The van der Waals surface area contributed by atoms with E-state index in [-0.39, 0.29) is 24.4 Å². The van der Waals surface area contributed by atoms with Gasteiger partial charge in [0.1, 0.15) is 5.82 Å². The van der Waals surface area contributed by atoms with Crippen molar-refractivity contribution in [1.82, 2.24) is 10.2 Å². The number of halogens is 1. The Balaban J connectivity index is 1.89. The number of hydrogen-bond acceptors (Lipinski definition) is 2. The van der Waals surface area contributed by atoms with Gasteiger partial charge in [0.2, 0.25) is 0 Å². The van der Waals surface area contributed by atoms with Gasteiger partial charge >= 0.3 is 6.03 Å². The summed E-state index contributed by atoms with van der Waals surface area (Å²) in [4.78, 5) is 13.8. The van der Waals surface area contributed by atoms with Crippen LogP contribution in [0.3, 0.4) is 0 Å². The summed E-state index contributed by atoms with van der Waals surface area (Å²) in [6, 6.07) is 15.7. The third-order valence-electron chi connectivity index (χ3n) is 3.93. The zero-order valence-electron chi connectivity index (χ0n) is 13.8. The molecule has 4 nitrogen and oxygen atoms in total. The van der Waals surface area contributed by atoms with E-state index in [0.717, 1.165) is 11.1 Å². The van der Waals surface area contributed by atoms with Crippen molar-refractivity contribution in [3.8, 4) is 0 Å². The van der Waals surface area contributed by atoms with Crippen LogP contribution in [0.2, 0.25) is 0 Å². The molecule has 0 heterocycles. The second kappa shape index (κ2) is 9.03. The normalized spacial score (nSPS) is 11.8. The lowest BCUT2D eigenvalue weighted by molar-refractivity contribution is 0.204. The number of benzene rings is 2. The predicted molar refractivity (Wildman–Crippen MR) is 92.2 cm³/mol. The second-order valence-corrected chi connectivity index (χ2v) is 5.79. The van der Waals surface area contributed by atoms with Crippen LogP contribution in [0.1, 0.15) is 23.5 Å². The van der Waals surface area contributed by atoms with Gasteiger partial charge in [-0.2, -0.15) is 0 Å². The molecule has 24 heavy (non-hydrogen) atoms. The van der Waals surface area contributed by atoms with E-state index in [1.165, 1.54) is 12.1 Å². The molecule has 2 aromatic rings. The van der Waals surface area contributed by atoms with E-state index < -0.39 is 0 Å². The van der Waals surface area contributed by atoms with Crippen molar-refractivity contribution in [3.63, 3.8) is 0 Å². The highest BCUT2D eigenvalue weighted by Gasteiger charge is 2.14. The van der Waals surface area contributed by atoms with Crippen LogP contribution in [0.25, 0.3) is 0 Å². The first-order valence-corrected chi connectivity index (χ1v) is 7.99. The van der Waals surface area contributed by atoms with Gasteiger partial charge < -0.3 is 15.3 Å². The van der Waals surface area contributed by atoms with Crippen LogP contribution in [-0.2, 0) is 6.54 Å². The molecule has 1 unspecified atom stereocenters. The molecule has 2 rings (SSSR count). The van der Waals surface area contributed by atoms with Crippen molar-refractivity contribution in [2.45, 2.75) is 18.9 Å². The molecule has 0 saturated heterocycles. The molecule has 0 fully saturated rings. The number of urea groups is 1. The number of rotatable bonds is 7. The van der Waals surface area contributed by atoms with Crippen molar-refractivity contribution in [2.75, 3.05) is 20.2 Å². The molecule has 0 radical (unpaired) electrons. The second-order valence-electron chi connectivity index (χ2n) is 5.79. The van der Waals surface area contributed by atoms with Gasteiger partial charge in [-0.3, -0.25) is 0 Å². The van der Waals surface area contributed by atoms with Gasteiger partial charge in [0.15, 0.2) is 0 Å². The number of amides is 2. The molecule has 2 aromatic carbocycles. The van der Waals surface area contributed by atoms with E-state index in [4.69, 9.17) is 0 Å². The number of carbonyl (C=O) groups is 1. The number of aliphatic hydroxyl groups is 1. The zero-order valence-corrected chi connectivity index (χ0v) is 13.8. The van der Waals surface area contributed by atoms with E-state index >= 15 is 0 Å². The Labute approximate surface area is 141 Å². The lowest BCUT2D eigenvalue weighted by Gasteiger charge is -2.21. The Morgan fingerprint density at radius 1 is 1.17 bits per heavy atom. The fourth-order valence-corrected chi connectivity index (χ4v) is 2.55. The Morgan fingerprint density at radius 2 is 1.83 bits per heavy atom. The van der Waals surface area contributed by atoms with E-state index in [9.17, 15) is 14.3 Å². The van der Waals surface area contributed by atoms with Crippen LogP contribution < -0.4 is 5.32 Å². The Hall–Kier alpha value is -2.40. The molecular formula is C19H23FN2O2. The third-order valence-corrected chi connectivity index (χ3v) is 3.93. The van der Waals surface area contributed by atoms with Crippen molar-refractivity contribution < 1.29 is 14.3 Å². The van der Waals surface area contributed by atoms with Gasteiger partial charge in [0, 0.05) is 32.7 Å². The Morgan fingerprint density at radius 3 is 2.46 bits per heavy atom. The summed E-state index contributed by atoms with van der Waals surface area (Å²) in [6.07, 6.45) is 0.589. The fraction of sp³-hybridized carbons (Fsp3) is 0.316. The Kier molecular flexibility index (Phi) is 6.75. The molecule has 1 atom stereocenters. The highest BCUT2D eigenvalue weighted by atomic mass is 19.1. The van der Waals surface area contributed by atoms with Crippen molar-refractivity contribution in [1.29, 1.82) is 0 Å². The van der Waals surface area contributed by atoms with Gasteiger partial charge in [-0.05, 0) is 29.7 Å². The van der Waals surface area contributed by atoms with Gasteiger partial charge in [0.25, 0.3) is 0 Å².